The molecular formula is C12H17N5O2. The summed E-state index contributed by atoms with van der Waals surface area (Å²) < 4.78 is 6.81. The van der Waals surface area contributed by atoms with Crippen LogP contribution in [0.25, 0.3) is 11.0 Å². The normalized spacial score (nSPS) is 10.9. The van der Waals surface area contributed by atoms with Crippen molar-refractivity contribution in [3.05, 3.63) is 27.7 Å². The molecule has 0 aliphatic carbocycles. The van der Waals surface area contributed by atoms with Crippen molar-refractivity contribution in [3.63, 3.8) is 0 Å². The van der Waals surface area contributed by atoms with Gasteiger partial charge in [-0.3, -0.25) is 14.8 Å². The predicted molar refractivity (Wildman–Crippen MR) is 73.0 cm³/mol. The van der Waals surface area contributed by atoms with Crippen molar-refractivity contribution >= 4 is 17.0 Å². The van der Waals surface area contributed by atoms with Crippen LogP contribution in [0.5, 0.6) is 0 Å². The average molecular weight is 263 g/mol. The maximum atomic E-state index is 12.0. The van der Waals surface area contributed by atoms with Gasteiger partial charge in [0.1, 0.15) is 5.65 Å². The molecule has 2 aromatic heterocycles. The van der Waals surface area contributed by atoms with E-state index < -0.39 is 0 Å². The third-order valence-corrected chi connectivity index (χ3v) is 2.91. The Morgan fingerprint density at radius 3 is 2.79 bits per heavy atom. The summed E-state index contributed by atoms with van der Waals surface area (Å²) in [5, 5.41) is 0.515. The van der Waals surface area contributed by atoms with Crippen LogP contribution in [0, 0.1) is 13.8 Å². The summed E-state index contributed by atoms with van der Waals surface area (Å²) in [5.74, 6) is 5.70. The Balaban J connectivity index is 2.81. The van der Waals surface area contributed by atoms with Gasteiger partial charge in [0.2, 0.25) is 5.95 Å². The number of rotatable bonds is 4. The van der Waals surface area contributed by atoms with Crippen LogP contribution in [0.3, 0.4) is 0 Å². The maximum Gasteiger partial charge on any atom is 0.284 e. The average Bonchev–Trinajstić information content (AvgIpc) is 2.36. The number of nitrogens with one attached hydrogen (secondary N) is 1. The minimum Gasteiger partial charge on any atom is -0.383 e. The van der Waals surface area contributed by atoms with Gasteiger partial charge in [-0.25, -0.2) is 10.8 Å². The fourth-order valence-corrected chi connectivity index (χ4v) is 2.09. The highest BCUT2D eigenvalue weighted by Gasteiger charge is 2.13. The molecule has 0 fully saturated rings. The van der Waals surface area contributed by atoms with Gasteiger partial charge in [-0.1, -0.05) is 0 Å². The molecule has 0 amide bonds. The summed E-state index contributed by atoms with van der Waals surface area (Å²) in [6.07, 6.45) is 0. The van der Waals surface area contributed by atoms with Crippen molar-refractivity contribution in [1.29, 1.82) is 0 Å². The van der Waals surface area contributed by atoms with Crippen LogP contribution in [0.1, 0.15) is 11.3 Å². The number of hydrazine groups is 1. The molecule has 0 aliphatic rings. The molecule has 0 aliphatic heterocycles. The van der Waals surface area contributed by atoms with Gasteiger partial charge in [-0.05, 0) is 25.5 Å². The number of nitrogens with two attached hydrogens (primary N) is 1. The first-order valence-corrected chi connectivity index (χ1v) is 5.92. The number of ether oxygens (including phenoxy) is 1. The van der Waals surface area contributed by atoms with E-state index in [0.29, 0.717) is 24.2 Å². The van der Waals surface area contributed by atoms with Gasteiger partial charge in [-0.15, -0.1) is 0 Å². The first-order valence-electron chi connectivity index (χ1n) is 5.92. The number of pyridine rings is 1. The molecule has 7 nitrogen and oxygen atoms in total. The third-order valence-electron chi connectivity index (χ3n) is 2.91. The van der Waals surface area contributed by atoms with Crippen LogP contribution in [-0.2, 0) is 11.3 Å². The first kappa shape index (κ1) is 13.4. The summed E-state index contributed by atoms with van der Waals surface area (Å²) >= 11 is 0. The number of nitrogen functional groups attached to an aromatic ring is 1. The van der Waals surface area contributed by atoms with Gasteiger partial charge in [0, 0.05) is 12.8 Å². The van der Waals surface area contributed by atoms with Crippen LogP contribution in [0.2, 0.25) is 0 Å². The standard InChI is InChI=1S/C12H17N5O2/c1-7-6-8(2)14-10-9(7)11(18)15-12(16-13)17(10)4-5-19-3/h6H,4-5,13H2,1-3H3,(H,15,16,18). The summed E-state index contributed by atoms with van der Waals surface area (Å²) in [4.78, 5) is 20.4. The molecular weight excluding hydrogens is 246 g/mol. The summed E-state index contributed by atoms with van der Waals surface area (Å²) in [6, 6.07) is 1.86. The molecule has 0 spiro atoms. The Kier molecular flexibility index (Phi) is 3.77. The fourth-order valence-electron chi connectivity index (χ4n) is 2.09. The number of hydrogen-bond acceptors (Lipinski definition) is 6. The second kappa shape index (κ2) is 5.33. The summed E-state index contributed by atoms with van der Waals surface area (Å²) in [5.41, 5.74) is 4.37. The molecule has 2 aromatic rings. The molecule has 3 N–H and O–H groups in total. The lowest BCUT2D eigenvalue weighted by Crippen LogP contribution is -2.24. The third kappa shape index (κ3) is 2.42. The van der Waals surface area contributed by atoms with Crippen LogP contribution in [0.15, 0.2) is 10.9 Å². The number of aryl methyl sites for hydroxylation is 2. The SMILES string of the molecule is COCCn1c(NN)nc(=O)c2c(C)cc(C)nc21. The number of nitrogens with zero attached hydrogens (tertiary/aromatic N) is 3. The Morgan fingerprint density at radius 2 is 2.16 bits per heavy atom. The fraction of sp³-hybridized carbons (Fsp3) is 0.417. The van der Waals surface area contributed by atoms with Crippen molar-refractivity contribution in [1.82, 2.24) is 14.5 Å². The molecule has 2 rings (SSSR count). The minimum atomic E-state index is -0.332. The first-order chi connectivity index (χ1) is 9.08. The lowest BCUT2D eigenvalue weighted by Gasteiger charge is -2.15. The highest BCUT2D eigenvalue weighted by molar-refractivity contribution is 5.79. The lowest BCUT2D eigenvalue weighted by atomic mass is 10.2. The molecule has 2 heterocycles. The molecule has 0 radical (unpaired) electrons. The van der Waals surface area contributed by atoms with Gasteiger partial charge in [0.05, 0.1) is 18.5 Å². The number of fused-ring (bicyclic) bond motifs is 1. The number of aromatic nitrogens is 3. The van der Waals surface area contributed by atoms with Crippen molar-refractivity contribution in [3.8, 4) is 0 Å². The van der Waals surface area contributed by atoms with Crippen LogP contribution >= 0.6 is 0 Å². The largest absolute Gasteiger partial charge is 0.383 e. The van der Waals surface area contributed by atoms with E-state index in [-0.39, 0.29) is 11.5 Å². The smallest absolute Gasteiger partial charge is 0.284 e. The van der Waals surface area contributed by atoms with Crippen molar-refractivity contribution in [2.75, 3.05) is 19.1 Å². The van der Waals surface area contributed by atoms with Crippen LogP contribution in [0.4, 0.5) is 5.95 Å². The van der Waals surface area contributed by atoms with Gasteiger partial charge < -0.3 is 4.74 Å². The quantitative estimate of drug-likeness (QED) is 0.610. The van der Waals surface area contributed by atoms with Crippen LogP contribution in [-0.4, -0.2) is 28.3 Å². The molecule has 102 valence electrons. The zero-order chi connectivity index (χ0) is 14.0. The molecule has 0 unspecified atom stereocenters. The Bertz CT molecular complexity index is 665. The zero-order valence-corrected chi connectivity index (χ0v) is 11.2. The topological polar surface area (TPSA) is 95.1 Å². The molecule has 0 bridgehead atoms. The number of anilines is 1. The van der Waals surface area contributed by atoms with Gasteiger partial charge in [0.25, 0.3) is 5.56 Å². The molecule has 19 heavy (non-hydrogen) atoms. The molecule has 0 atom stereocenters. The molecule has 0 saturated carbocycles. The molecule has 0 saturated heterocycles. The van der Waals surface area contributed by atoms with Crippen LogP contribution < -0.4 is 16.8 Å². The monoisotopic (exact) mass is 263 g/mol. The van der Waals surface area contributed by atoms with E-state index in [1.165, 1.54) is 0 Å². The maximum absolute atomic E-state index is 12.0. The van der Waals surface area contributed by atoms with Crippen molar-refractivity contribution < 1.29 is 4.74 Å². The summed E-state index contributed by atoms with van der Waals surface area (Å²) in [7, 11) is 1.61. The van der Waals surface area contributed by atoms with E-state index in [0.717, 1.165) is 11.3 Å². The Labute approximate surface area is 110 Å². The second-order valence-electron chi connectivity index (χ2n) is 4.31. The highest BCUT2D eigenvalue weighted by atomic mass is 16.5. The summed E-state index contributed by atoms with van der Waals surface area (Å²) in [6.45, 7) is 4.74. The van der Waals surface area contributed by atoms with E-state index in [4.69, 9.17) is 10.6 Å². The lowest BCUT2D eigenvalue weighted by molar-refractivity contribution is 0.188. The van der Waals surface area contributed by atoms with Gasteiger partial charge in [-0.2, -0.15) is 4.98 Å². The van der Waals surface area contributed by atoms with E-state index in [1.54, 1.807) is 11.7 Å². The Morgan fingerprint density at radius 1 is 1.42 bits per heavy atom. The molecule has 7 heteroatoms. The number of hydrogen-bond donors (Lipinski definition) is 2. The second-order valence-corrected chi connectivity index (χ2v) is 4.31. The Hall–Kier alpha value is -1.99. The van der Waals surface area contributed by atoms with E-state index >= 15 is 0 Å². The molecule has 0 aromatic carbocycles. The zero-order valence-electron chi connectivity index (χ0n) is 11.2. The van der Waals surface area contributed by atoms with Crippen molar-refractivity contribution in [2.24, 2.45) is 5.84 Å². The number of methoxy groups -OCH3 is 1. The van der Waals surface area contributed by atoms with E-state index in [9.17, 15) is 4.79 Å². The highest BCUT2D eigenvalue weighted by Crippen LogP contribution is 2.16. The minimum absolute atomic E-state index is 0.284. The van der Waals surface area contributed by atoms with Gasteiger partial charge >= 0.3 is 0 Å². The van der Waals surface area contributed by atoms with E-state index in [1.807, 2.05) is 19.9 Å². The van der Waals surface area contributed by atoms with Gasteiger partial charge in [0.15, 0.2) is 0 Å². The van der Waals surface area contributed by atoms with E-state index in [2.05, 4.69) is 15.4 Å². The predicted octanol–water partition coefficient (Wildman–Crippen LogP) is 0.340. The van der Waals surface area contributed by atoms with Crippen molar-refractivity contribution in [2.45, 2.75) is 20.4 Å².